The SMILES string of the molecule is NC(=O)C1(C(=O)Nc2ccc(O)cc2-c2ccc(F)cc2)CC1. The van der Waals surface area contributed by atoms with Crippen LogP contribution < -0.4 is 11.1 Å². The zero-order chi connectivity index (χ0) is 16.6. The molecule has 6 heteroatoms. The van der Waals surface area contributed by atoms with Gasteiger partial charge in [-0.1, -0.05) is 12.1 Å². The second kappa shape index (κ2) is 5.39. The summed E-state index contributed by atoms with van der Waals surface area (Å²) < 4.78 is 13.1. The van der Waals surface area contributed by atoms with Crippen molar-refractivity contribution in [2.24, 2.45) is 11.1 Å². The number of carbonyl (C=O) groups is 2. The molecule has 0 spiro atoms. The van der Waals surface area contributed by atoms with Crippen LogP contribution in [0.1, 0.15) is 12.8 Å². The molecule has 1 saturated carbocycles. The minimum Gasteiger partial charge on any atom is -0.508 e. The highest BCUT2D eigenvalue weighted by molar-refractivity contribution is 6.13. The van der Waals surface area contributed by atoms with Gasteiger partial charge in [0.05, 0.1) is 0 Å². The Morgan fingerprint density at radius 1 is 1.13 bits per heavy atom. The second-order valence-electron chi connectivity index (χ2n) is 5.64. The lowest BCUT2D eigenvalue weighted by Crippen LogP contribution is -2.36. The van der Waals surface area contributed by atoms with Crippen molar-refractivity contribution >= 4 is 17.5 Å². The highest BCUT2D eigenvalue weighted by Gasteiger charge is 2.55. The third-order valence-corrected chi connectivity index (χ3v) is 4.06. The maximum absolute atomic E-state index is 13.1. The van der Waals surface area contributed by atoms with Gasteiger partial charge in [0.15, 0.2) is 0 Å². The highest BCUT2D eigenvalue weighted by atomic mass is 19.1. The number of phenolic OH excluding ortho intramolecular Hbond substituents is 1. The van der Waals surface area contributed by atoms with E-state index < -0.39 is 17.2 Å². The van der Waals surface area contributed by atoms with Crippen molar-refractivity contribution in [1.82, 2.24) is 0 Å². The Balaban J connectivity index is 1.95. The molecule has 0 radical (unpaired) electrons. The fourth-order valence-electron chi connectivity index (χ4n) is 2.46. The third kappa shape index (κ3) is 2.75. The first-order valence-corrected chi connectivity index (χ1v) is 7.13. The van der Waals surface area contributed by atoms with E-state index >= 15 is 0 Å². The van der Waals surface area contributed by atoms with E-state index in [1.165, 1.54) is 30.3 Å². The van der Waals surface area contributed by atoms with Crippen molar-refractivity contribution in [3.63, 3.8) is 0 Å². The standard InChI is InChI=1S/C17H15FN2O3/c18-11-3-1-10(2-4-11)13-9-12(21)5-6-14(13)20-16(23)17(7-8-17)15(19)22/h1-6,9,21H,7-8H2,(H2,19,22)(H,20,23). The first-order chi connectivity index (χ1) is 10.9. The number of aromatic hydroxyl groups is 1. The second-order valence-corrected chi connectivity index (χ2v) is 5.64. The summed E-state index contributed by atoms with van der Waals surface area (Å²) >= 11 is 0. The number of carbonyl (C=O) groups excluding carboxylic acids is 2. The van der Waals surface area contributed by atoms with Gasteiger partial charge in [0.25, 0.3) is 0 Å². The normalized spacial score (nSPS) is 15.0. The molecule has 5 nitrogen and oxygen atoms in total. The quantitative estimate of drug-likeness (QED) is 0.597. The molecular formula is C17H15FN2O3. The van der Waals surface area contributed by atoms with E-state index in [9.17, 15) is 19.1 Å². The summed E-state index contributed by atoms with van der Waals surface area (Å²) in [6.45, 7) is 0. The van der Waals surface area contributed by atoms with Gasteiger partial charge in [-0.3, -0.25) is 9.59 Å². The van der Waals surface area contributed by atoms with E-state index in [0.29, 0.717) is 29.7 Å². The number of amides is 2. The molecule has 0 saturated heterocycles. The highest BCUT2D eigenvalue weighted by Crippen LogP contribution is 2.46. The predicted octanol–water partition coefficient (Wildman–Crippen LogP) is 2.40. The van der Waals surface area contributed by atoms with Crippen LogP contribution in [0.3, 0.4) is 0 Å². The van der Waals surface area contributed by atoms with E-state index in [4.69, 9.17) is 5.73 Å². The zero-order valence-electron chi connectivity index (χ0n) is 12.2. The Bertz CT molecular complexity index is 783. The summed E-state index contributed by atoms with van der Waals surface area (Å²) in [4.78, 5) is 23.8. The van der Waals surface area contributed by atoms with Crippen LogP contribution in [0.5, 0.6) is 5.75 Å². The lowest BCUT2D eigenvalue weighted by Gasteiger charge is -2.15. The minimum atomic E-state index is -1.14. The maximum atomic E-state index is 13.1. The number of hydrogen-bond donors (Lipinski definition) is 3. The lowest BCUT2D eigenvalue weighted by atomic mass is 10.0. The summed E-state index contributed by atoms with van der Waals surface area (Å²) in [7, 11) is 0. The predicted molar refractivity (Wildman–Crippen MR) is 83.0 cm³/mol. The van der Waals surface area contributed by atoms with Gasteiger partial charge >= 0.3 is 0 Å². The van der Waals surface area contributed by atoms with E-state index in [0.717, 1.165) is 0 Å². The van der Waals surface area contributed by atoms with E-state index in [-0.39, 0.29) is 11.6 Å². The molecule has 0 atom stereocenters. The van der Waals surface area contributed by atoms with E-state index in [2.05, 4.69) is 5.32 Å². The topological polar surface area (TPSA) is 92.4 Å². The number of hydrogen-bond acceptors (Lipinski definition) is 3. The van der Waals surface area contributed by atoms with Crippen molar-refractivity contribution in [1.29, 1.82) is 0 Å². The van der Waals surface area contributed by atoms with E-state index in [1.54, 1.807) is 12.1 Å². The molecule has 0 unspecified atom stereocenters. The number of rotatable bonds is 4. The van der Waals surface area contributed by atoms with Crippen molar-refractivity contribution < 1.29 is 19.1 Å². The van der Waals surface area contributed by atoms with Crippen LogP contribution in [0.2, 0.25) is 0 Å². The summed E-state index contributed by atoms with van der Waals surface area (Å²) in [5, 5.41) is 12.4. The number of anilines is 1. The molecule has 2 amide bonds. The molecule has 1 aliphatic carbocycles. The molecule has 1 fully saturated rings. The molecule has 2 aromatic carbocycles. The molecule has 23 heavy (non-hydrogen) atoms. The number of halogens is 1. The summed E-state index contributed by atoms with van der Waals surface area (Å²) in [6, 6.07) is 10.1. The van der Waals surface area contributed by atoms with Gasteiger partial charge in [0.1, 0.15) is 17.0 Å². The average molecular weight is 314 g/mol. The van der Waals surface area contributed by atoms with Crippen LogP contribution >= 0.6 is 0 Å². The summed E-state index contributed by atoms with van der Waals surface area (Å²) in [5.74, 6) is -1.47. The molecule has 0 bridgehead atoms. The van der Waals surface area contributed by atoms with Crippen molar-refractivity contribution in [2.75, 3.05) is 5.32 Å². The minimum absolute atomic E-state index is 0.0124. The summed E-state index contributed by atoms with van der Waals surface area (Å²) in [6.07, 6.45) is 0.857. The largest absolute Gasteiger partial charge is 0.508 e. The van der Waals surface area contributed by atoms with Crippen LogP contribution in [0, 0.1) is 11.2 Å². The number of benzene rings is 2. The molecule has 4 N–H and O–H groups in total. The molecule has 2 aromatic rings. The Labute approximate surface area is 131 Å². The van der Waals surface area contributed by atoms with Crippen molar-refractivity contribution in [2.45, 2.75) is 12.8 Å². The Morgan fingerprint density at radius 3 is 2.35 bits per heavy atom. The van der Waals surface area contributed by atoms with Crippen LogP contribution in [-0.2, 0) is 9.59 Å². The molecule has 118 valence electrons. The fourth-order valence-corrected chi connectivity index (χ4v) is 2.46. The van der Waals surface area contributed by atoms with Crippen LogP contribution in [0.4, 0.5) is 10.1 Å². The fraction of sp³-hybridized carbons (Fsp3) is 0.176. The van der Waals surface area contributed by atoms with Gasteiger partial charge in [0, 0.05) is 11.3 Å². The van der Waals surface area contributed by atoms with Crippen LogP contribution in [0.15, 0.2) is 42.5 Å². The first-order valence-electron chi connectivity index (χ1n) is 7.13. The molecule has 0 aromatic heterocycles. The third-order valence-electron chi connectivity index (χ3n) is 4.06. The van der Waals surface area contributed by atoms with E-state index in [1.807, 2.05) is 0 Å². The van der Waals surface area contributed by atoms with Crippen LogP contribution in [0.25, 0.3) is 11.1 Å². The monoisotopic (exact) mass is 314 g/mol. The smallest absolute Gasteiger partial charge is 0.240 e. The number of phenols is 1. The number of primary amides is 1. The van der Waals surface area contributed by atoms with Gasteiger partial charge in [-0.2, -0.15) is 0 Å². The molecular weight excluding hydrogens is 299 g/mol. The Morgan fingerprint density at radius 2 is 1.78 bits per heavy atom. The number of nitrogens with two attached hydrogens (primary N) is 1. The summed E-state index contributed by atoms with van der Waals surface area (Å²) in [5.41, 5.74) is 5.73. The first kappa shape index (κ1) is 15.0. The molecule has 3 rings (SSSR count). The Kier molecular flexibility index (Phi) is 3.52. The zero-order valence-corrected chi connectivity index (χ0v) is 12.2. The van der Waals surface area contributed by atoms with Gasteiger partial charge in [-0.05, 0) is 48.7 Å². The van der Waals surface area contributed by atoms with Crippen molar-refractivity contribution in [3.8, 4) is 16.9 Å². The molecule has 0 aliphatic heterocycles. The van der Waals surface area contributed by atoms with Gasteiger partial charge in [-0.25, -0.2) is 4.39 Å². The van der Waals surface area contributed by atoms with Crippen molar-refractivity contribution in [3.05, 3.63) is 48.3 Å². The number of nitrogens with one attached hydrogen (secondary N) is 1. The van der Waals surface area contributed by atoms with Crippen LogP contribution in [-0.4, -0.2) is 16.9 Å². The lowest BCUT2D eigenvalue weighted by molar-refractivity contribution is -0.132. The molecule has 1 aliphatic rings. The average Bonchev–Trinajstić information content (AvgIpc) is 3.32. The van der Waals surface area contributed by atoms with Gasteiger partial charge < -0.3 is 16.2 Å². The molecule has 0 heterocycles. The van der Waals surface area contributed by atoms with Gasteiger partial charge in [-0.15, -0.1) is 0 Å². The Hall–Kier alpha value is -2.89. The maximum Gasteiger partial charge on any atom is 0.240 e. The van der Waals surface area contributed by atoms with Gasteiger partial charge in [0.2, 0.25) is 11.8 Å².